The Balaban J connectivity index is 0.00000364. The Hall–Kier alpha value is -1.99. The molecule has 152 valence electrons. The lowest BCUT2D eigenvalue weighted by molar-refractivity contribution is -0.140. The topological polar surface area (TPSA) is 79.3 Å². The molecule has 1 atom stereocenters. The van der Waals surface area contributed by atoms with Gasteiger partial charge < -0.3 is 19.5 Å². The molecule has 0 saturated carbocycles. The summed E-state index contributed by atoms with van der Waals surface area (Å²) in [5, 5.41) is 9.05. The van der Waals surface area contributed by atoms with E-state index in [1.807, 2.05) is 30.0 Å². The monoisotopic (exact) mass is 400 g/mol. The first-order chi connectivity index (χ1) is 12.5. The van der Waals surface area contributed by atoms with E-state index < -0.39 is 5.97 Å². The van der Waals surface area contributed by atoms with Crippen molar-refractivity contribution in [2.24, 2.45) is 0 Å². The van der Waals surface area contributed by atoms with Crippen molar-refractivity contribution in [3.05, 3.63) is 23.8 Å². The normalized spacial score (nSPS) is 16.1. The van der Waals surface area contributed by atoms with Crippen LogP contribution < -0.4 is 9.47 Å². The number of ether oxygens (including phenoxy) is 2. The minimum Gasteiger partial charge on any atom is -0.497 e. The highest BCUT2D eigenvalue weighted by atomic mass is 35.5. The molecule has 1 saturated heterocycles. The van der Waals surface area contributed by atoms with Crippen molar-refractivity contribution in [3.8, 4) is 11.5 Å². The number of rotatable bonds is 9. The molecular formula is C19H29ClN2O5. The number of halogens is 1. The summed E-state index contributed by atoms with van der Waals surface area (Å²) in [6, 6.07) is 5.51. The van der Waals surface area contributed by atoms with Crippen LogP contribution in [-0.2, 0) is 9.59 Å². The summed E-state index contributed by atoms with van der Waals surface area (Å²) >= 11 is 0. The number of benzene rings is 1. The number of amides is 1. The lowest BCUT2D eigenvalue weighted by Crippen LogP contribution is -2.42. The van der Waals surface area contributed by atoms with Gasteiger partial charge in [-0.2, -0.15) is 0 Å². The van der Waals surface area contributed by atoms with Gasteiger partial charge in [-0.15, -0.1) is 12.4 Å². The standard InChI is InChI=1S/C19H28N2O5.ClH/c1-4-9-20(13-19(23)24)12-18(22)21-10-5-6-16(21)15-11-14(25-2)7-8-17(15)26-3;/h7-8,11,16H,4-6,9-10,12-13H2,1-3H3,(H,23,24);1H. The van der Waals surface area contributed by atoms with Crippen LogP contribution >= 0.6 is 12.4 Å². The maximum atomic E-state index is 12.9. The number of aliphatic carboxylic acids is 1. The highest BCUT2D eigenvalue weighted by Gasteiger charge is 2.32. The number of nitrogens with zero attached hydrogens (tertiary/aromatic N) is 2. The molecule has 0 radical (unpaired) electrons. The zero-order valence-electron chi connectivity index (χ0n) is 16.1. The summed E-state index contributed by atoms with van der Waals surface area (Å²) in [4.78, 5) is 27.4. The van der Waals surface area contributed by atoms with Gasteiger partial charge in [0.2, 0.25) is 5.91 Å². The highest BCUT2D eigenvalue weighted by molar-refractivity contribution is 5.85. The lowest BCUT2D eigenvalue weighted by Gasteiger charge is -2.29. The number of carbonyl (C=O) groups is 2. The first kappa shape index (κ1) is 23.0. The smallest absolute Gasteiger partial charge is 0.317 e. The summed E-state index contributed by atoms with van der Waals surface area (Å²) < 4.78 is 10.8. The molecule has 0 bridgehead atoms. The van der Waals surface area contributed by atoms with Gasteiger partial charge in [0.25, 0.3) is 0 Å². The summed E-state index contributed by atoms with van der Waals surface area (Å²) in [5.41, 5.74) is 0.929. The summed E-state index contributed by atoms with van der Waals surface area (Å²) in [6.45, 7) is 3.21. The molecule has 2 rings (SSSR count). The number of hydrogen-bond acceptors (Lipinski definition) is 5. The Labute approximate surface area is 166 Å². The highest BCUT2D eigenvalue weighted by Crippen LogP contribution is 2.38. The zero-order valence-corrected chi connectivity index (χ0v) is 17.0. The molecule has 0 aliphatic carbocycles. The third kappa shape index (κ3) is 6.01. The average Bonchev–Trinajstić information content (AvgIpc) is 3.10. The van der Waals surface area contributed by atoms with E-state index in [0.717, 1.165) is 36.3 Å². The van der Waals surface area contributed by atoms with Crippen LogP contribution in [0.3, 0.4) is 0 Å². The average molecular weight is 401 g/mol. The van der Waals surface area contributed by atoms with Crippen LogP contribution in [0.1, 0.15) is 37.8 Å². The number of carboxylic acids is 1. The third-order valence-electron chi connectivity index (χ3n) is 4.63. The van der Waals surface area contributed by atoms with Crippen molar-refractivity contribution >= 4 is 24.3 Å². The van der Waals surface area contributed by atoms with Gasteiger partial charge in [-0.3, -0.25) is 14.5 Å². The molecule has 1 unspecified atom stereocenters. The molecule has 1 heterocycles. The van der Waals surface area contributed by atoms with E-state index in [-0.39, 0.29) is 37.4 Å². The number of carbonyl (C=O) groups excluding carboxylic acids is 1. The van der Waals surface area contributed by atoms with Gasteiger partial charge in [0.05, 0.1) is 33.4 Å². The molecule has 8 heteroatoms. The predicted molar refractivity (Wildman–Crippen MR) is 105 cm³/mol. The minimum atomic E-state index is -0.918. The van der Waals surface area contributed by atoms with Gasteiger partial charge in [-0.1, -0.05) is 6.92 Å². The van der Waals surface area contributed by atoms with Crippen molar-refractivity contribution in [1.82, 2.24) is 9.80 Å². The summed E-state index contributed by atoms with van der Waals surface area (Å²) in [6.07, 6.45) is 2.55. The van der Waals surface area contributed by atoms with Gasteiger partial charge in [0, 0.05) is 12.1 Å². The lowest BCUT2D eigenvalue weighted by atomic mass is 10.0. The Morgan fingerprint density at radius 3 is 2.59 bits per heavy atom. The first-order valence-corrected chi connectivity index (χ1v) is 8.95. The van der Waals surface area contributed by atoms with Crippen molar-refractivity contribution in [2.75, 3.05) is 40.4 Å². The maximum absolute atomic E-state index is 12.9. The second-order valence-electron chi connectivity index (χ2n) is 6.46. The van der Waals surface area contributed by atoms with E-state index >= 15 is 0 Å². The van der Waals surface area contributed by atoms with Crippen molar-refractivity contribution < 1.29 is 24.2 Å². The molecule has 1 aliphatic rings. The number of carboxylic acid groups (broad SMARTS) is 1. The summed E-state index contributed by atoms with van der Waals surface area (Å²) in [5.74, 6) is 0.482. The Bertz CT molecular complexity index is 641. The second kappa shape index (κ2) is 11.0. The fourth-order valence-corrected chi connectivity index (χ4v) is 3.49. The minimum absolute atomic E-state index is 0. The van der Waals surface area contributed by atoms with E-state index in [2.05, 4.69) is 0 Å². The molecule has 1 amide bonds. The van der Waals surface area contributed by atoms with E-state index in [1.54, 1.807) is 19.1 Å². The van der Waals surface area contributed by atoms with Gasteiger partial charge in [-0.25, -0.2) is 0 Å². The largest absolute Gasteiger partial charge is 0.497 e. The molecule has 1 aromatic carbocycles. The molecule has 27 heavy (non-hydrogen) atoms. The van der Waals surface area contributed by atoms with Gasteiger partial charge >= 0.3 is 5.97 Å². The third-order valence-corrected chi connectivity index (χ3v) is 4.63. The molecule has 7 nitrogen and oxygen atoms in total. The van der Waals surface area contributed by atoms with Crippen LogP contribution in [0.2, 0.25) is 0 Å². The second-order valence-corrected chi connectivity index (χ2v) is 6.46. The van der Waals surface area contributed by atoms with E-state index in [1.165, 1.54) is 0 Å². The van der Waals surface area contributed by atoms with Crippen LogP contribution in [0.25, 0.3) is 0 Å². The van der Waals surface area contributed by atoms with Gasteiger partial charge in [-0.05, 0) is 44.0 Å². The number of likely N-dealkylation sites (tertiary alicyclic amines) is 1. The maximum Gasteiger partial charge on any atom is 0.317 e. The van der Waals surface area contributed by atoms with Crippen molar-refractivity contribution in [2.45, 2.75) is 32.2 Å². The van der Waals surface area contributed by atoms with E-state index in [9.17, 15) is 9.59 Å². The van der Waals surface area contributed by atoms with Gasteiger partial charge in [0.1, 0.15) is 11.5 Å². The van der Waals surface area contributed by atoms with Crippen LogP contribution in [-0.4, -0.2) is 67.2 Å². The van der Waals surface area contributed by atoms with Crippen LogP contribution in [0.5, 0.6) is 11.5 Å². The van der Waals surface area contributed by atoms with E-state index in [0.29, 0.717) is 13.1 Å². The van der Waals surface area contributed by atoms with Crippen LogP contribution in [0.4, 0.5) is 0 Å². The zero-order chi connectivity index (χ0) is 19.1. The van der Waals surface area contributed by atoms with Crippen LogP contribution in [0.15, 0.2) is 18.2 Å². The number of methoxy groups -OCH3 is 2. The Morgan fingerprint density at radius 1 is 1.26 bits per heavy atom. The molecule has 1 aromatic rings. The molecule has 1 fully saturated rings. The predicted octanol–water partition coefficient (Wildman–Crippen LogP) is 2.59. The van der Waals surface area contributed by atoms with E-state index in [4.69, 9.17) is 14.6 Å². The fourth-order valence-electron chi connectivity index (χ4n) is 3.49. The number of hydrogen-bond donors (Lipinski definition) is 1. The van der Waals surface area contributed by atoms with Crippen molar-refractivity contribution in [3.63, 3.8) is 0 Å². The molecule has 1 aliphatic heterocycles. The molecule has 0 spiro atoms. The Morgan fingerprint density at radius 2 is 2.00 bits per heavy atom. The summed E-state index contributed by atoms with van der Waals surface area (Å²) in [7, 11) is 3.22. The fraction of sp³-hybridized carbons (Fsp3) is 0.579. The molecular weight excluding hydrogens is 372 g/mol. The Kier molecular flexibility index (Phi) is 9.38. The molecule has 1 N–H and O–H groups in total. The first-order valence-electron chi connectivity index (χ1n) is 8.95. The van der Waals surface area contributed by atoms with Crippen LogP contribution in [0, 0.1) is 0 Å². The quantitative estimate of drug-likeness (QED) is 0.686. The molecule has 0 aromatic heterocycles. The van der Waals surface area contributed by atoms with Gasteiger partial charge in [0.15, 0.2) is 0 Å². The SMILES string of the molecule is CCCN(CC(=O)O)CC(=O)N1CCCC1c1cc(OC)ccc1OC.Cl. The van der Waals surface area contributed by atoms with Crippen molar-refractivity contribution in [1.29, 1.82) is 0 Å².